The molecule has 94 valence electrons. The molecule has 3 rings (SSSR count). The molecule has 0 unspecified atom stereocenters. The van der Waals surface area contributed by atoms with E-state index in [1.165, 1.54) is 12.8 Å². The normalized spacial score (nSPS) is 16.2. The minimum Gasteiger partial charge on any atom is -0.338 e. The summed E-state index contributed by atoms with van der Waals surface area (Å²) in [4.78, 5) is 14.1. The van der Waals surface area contributed by atoms with Gasteiger partial charge in [0.25, 0.3) is 0 Å². The van der Waals surface area contributed by atoms with Gasteiger partial charge in [0.15, 0.2) is 0 Å². The summed E-state index contributed by atoms with van der Waals surface area (Å²) in [6.07, 6.45) is 2.44. The average molecular weight is 244 g/mol. The van der Waals surface area contributed by atoms with E-state index in [1.807, 2.05) is 30.3 Å². The Morgan fingerprint density at radius 2 is 1.89 bits per heavy atom. The Hall–Kier alpha value is -1.81. The Bertz CT molecular complexity index is 565. The van der Waals surface area contributed by atoms with Crippen molar-refractivity contribution in [3.8, 4) is 11.3 Å². The number of hydrogen-bond acceptors (Lipinski definition) is 3. The molecule has 2 aromatic rings. The number of likely N-dealkylation sites (tertiary alicyclic amines) is 1. The molecule has 4 heteroatoms. The highest BCUT2D eigenvalue weighted by molar-refractivity contribution is 5.61. The topological polar surface area (TPSA) is 49.2 Å². The van der Waals surface area contributed by atoms with E-state index in [0.717, 1.165) is 29.9 Å². The molecule has 2 heterocycles. The maximum absolute atomic E-state index is 11.8. The van der Waals surface area contributed by atoms with Crippen LogP contribution in [-0.4, -0.2) is 23.1 Å². The predicted octanol–water partition coefficient (Wildman–Crippen LogP) is 2.23. The molecule has 4 nitrogen and oxygen atoms in total. The highest BCUT2D eigenvalue weighted by Gasteiger charge is 2.19. The summed E-state index contributed by atoms with van der Waals surface area (Å²) in [7, 11) is 0. The second-order valence-corrected chi connectivity index (χ2v) is 4.69. The molecule has 1 fully saturated rings. The Morgan fingerprint density at radius 1 is 1.17 bits per heavy atom. The van der Waals surface area contributed by atoms with E-state index in [0.29, 0.717) is 6.54 Å². The highest BCUT2D eigenvalue weighted by atomic mass is 16.5. The molecular formula is C14H16N2O2. The van der Waals surface area contributed by atoms with Gasteiger partial charge in [-0.05, 0) is 25.9 Å². The molecule has 0 radical (unpaired) electrons. The molecule has 1 aromatic heterocycles. The van der Waals surface area contributed by atoms with Crippen molar-refractivity contribution in [1.82, 2.24) is 10.1 Å². The van der Waals surface area contributed by atoms with Crippen LogP contribution in [-0.2, 0) is 6.54 Å². The van der Waals surface area contributed by atoms with Crippen LogP contribution in [0.2, 0.25) is 0 Å². The average Bonchev–Trinajstić information content (AvgIpc) is 3.03. The highest BCUT2D eigenvalue weighted by Crippen LogP contribution is 2.21. The Kier molecular flexibility index (Phi) is 3.02. The number of aromatic nitrogens is 1. The molecule has 1 aliphatic rings. The smallest absolute Gasteiger partial charge is 0.338 e. The van der Waals surface area contributed by atoms with Gasteiger partial charge in [0, 0.05) is 12.1 Å². The summed E-state index contributed by atoms with van der Waals surface area (Å²) in [5.74, 6) is 0. The van der Waals surface area contributed by atoms with Crippen LogP contribution in [0.5, 0.6) is 0 Å². The van der Waals surface area contributed by atoms with Gasteiger partial charge in [-0.15, -0.1) is 0 Å². The number of hydrogen-bond donors (Lipinski definition) is 1. The van der Waals surface area contributed by atoms with Crippen molar-refractivity contribution in [2.75, 3.05) is 13.1 Å². The summed E-state index contributed by atoms with van der Waals surface area (Å²) in [6.45, 7) is 2.81. The molecule has 18 heavy (non-hydrogen) atoms. The van der Waals surface area contributed by atoms with Crippen LogP contribution in [0.4, 0.5) is 0 Å². The van der Waals surface area contributed by atoms with Gasteiger partial charge in [0.1, 0.15) is 0 Å². The van der Waals surface area contributed by atoms with Crippen LogP contribution in [0, 0.1) is 0 Å². The number of rotatable bonds is 3. The molecule has 0 saturated carbocycles. The fraction of sp³-hybridized carbons (Fsp3) is 0.357. The predicted molar refractivity (Wildman–Crippen MR) is 69.3 cm³/mol. The summed E-state index contributed by atoms with van der Waals surface area (Å²) in [6, 6.07) is 9.84. The zero-order chi connectivity index (χ0) is 12.4. The minimum absolute atomic E-state index is 0.249. The molecule has 0 atom stereocenters. The lowest BCUT2D eigenvalue weighted by atomic mass is 10.1. The van der Waals surface area contributed by atoms with Gasteiger partial charge in [-0.2, -0.15) is 0 Å². The molecular weight excluding hydrogens is 228 g/mol. The Labute approximate surface area is 105 Å². The molecule has 1 aliphatic heterocycles. The molecule has 0 amide bonds. The number of H-pyrrole nitrogens is 1. The fourth-order valence-corrected chi connectivity index (χ4v) is 2.47. The van der Waals surface area contributed by atoms with Crippen LogP contribution in [0.25, 0.3) is 11.3 Å². The van der Waals surface area contributed by atoms with Gasteiger partial charge in [0.2, 0.25) is 0 Å². The molecule has 0 aliphatic carbocycles. The van der Waals surface area contributed by atoms with Gasteiger partial charge in [-0.3, -0.25) is 4.90 Å². The summed E-state index contributed by atoms with van der Waals surface area (Å²) < 4.78 is 4.95. The lowest BCUT2D eigenvalue weighted by Crippen LogP contribution is -2.21. The number of benzene rings is 1. The largest absolute Gasteiger partial charge is 0.362 e. The first-order chi connectivity index (χ1) is 8.84. The van der Waals surface area contributed by atoms with Gasteiger partial charge in [-0.1, -0.05) is 30.3 Å². The van der Waals surface area contributed by atoms with Gasteiger partial charge in [0.05, 0.1) is 11.3 Å². The summed E-state index contributed by atoms with van der Waals surface area (Å²) in [5, 5.41) is 2.75. The quantitative estimate of drug-likeness (QED) is 0.900. The van der Waals surface area contributed by atoms with E-state index in [2.05, 4.69) is 10.1 Å². The Morgan fingerprint density at radius 3 is 2.61 bits per heavy atom. The first-order valence-corrected chi connectivity index (χ1v) is 6.33. The van der Waals surface area contributed by atoms with Crippen LogP contribution < -0.4 is 5.63 Å². The zero-order valence-electron chi connectivity index (χ0n) is 10.2. The lowest BCUT2D eigenvalue weighted by molar-refractivity contribution is 0.325. The van der Waals surface area contributed by atoms with Gasteiger partial charge >= 0.3 is 5.63 Å². The molecule has 0 spiro atoms. The first kappa shape index (κ1) is 11.3. The van der Waals surface area contributed by atoms with Crippen molar-refractivity contribution in [3.05, 3.63) is 46.3 Å². The van der Waals surface area contributed by atoms with Crippen molar-refractivity contribution < 1.29 is 4.52 Å². The Balaban J connectivity index is 1.93. The van der Waals surface area contributed by atoms with E-state index in [-0.39, 0.29) is 5.63 Å². The van der Waals surface area contributed by atoms with E-state index in [4.69, 9.17) is 4.52 Å². The second-order valence-electron chi connectivity index (χ2n) is 4.69. The number of nitrogens with zero attached hydrogens (tertiary/aromatic N) is 1. The SMILES string of the molecule is O=c1o[nH]c(-c2ccccc2)c1CN1CCCC1. The van der Waals surface area contributed by atoms with Crippen molar-refractivity contribution in [1.29, 1.82) is 0 Å². The maximum atomic E-state index is 11.8. The molecule has 1 aromatic carbocycles. The van der Waals surface area contributed by atoms with E-state index in [1.54, 1.807) is 0 Å². The molecule has 1 saturated heterocycles. The standard InChI is InChI=1S/C14H16N2O2/c17-14-12(10-16-8-4-5-9-16)13(15-18-14)11-6-2-1-3-7-11/h1-3,6-7,15H,4-5,8-10H2. The molecule has 0 bridgehead atoms. The molecule has 1 N–H and O–H groups in total. The van der Waals surface area contributed by atoms with E-state index < -0.39 is 0 Å². The van der Waals surface area contributed by atoms with Crippen LogP contribution >= 0.6 is 0 Å². The van der Waals surface area contributed by atoms with Crippen molar-refractivity contribution in [3.63, 3.8) is 0 Å². The maximum Gasteiger partial charge on any atom is 0.362 e. The van der Waals surface area contributed by atoms with E-state index >= 15 is 0 Å². The van der Waals surface area contributed by atoms with E-state index in [9.17, 15) is 4.79 Å². The summed E-state index contributed by atoms with van der Waals surface area (Å²) in [5.41, 5.74) is 2.30. The zero-order valence-corrected chi connectivity index (χ0v) is 10.2. The fourth-order valence-electron chi connectivity index (χ4n) is 2.47. The third-order valence-electron chi connectivity index (χ3n) is 3.44. The van der Waals surface area contributed by atoms with Crippen LogP contribution in [0.15, 0.2) is 39.6 Å². The van der Waals surface area contributed by atoms with Crippen molar-refractivity contribution in [2.24, 2.45) is 0 Å². The lowest BCUT2D eigenvalue weighted by Gasteiger charge is -2.13. The van der Waals surface area contributed by atoms with Gasteiger partial charge in [-0.25, -0.2) is 9.95 Å². The van der Waals surface area contributed by atoms with Crippen LogP contribution in [0.3, 0.4) is 0 Å². The third-order valence-corrected chi connectivity index (χ3v) is 3.44. The first-order valence-electron chi connectivity index (χ1n) is 6.33. The van der Waals surface area contributed by atoms with Crippen molar-refractivity contribution in [2.45, 2.75) is 19.4 Å². The summed E-state index contributed by atoms with van der Waals surface area (Å²) >= 11 is 0. The van der Waals surface area contributed by atoms with Gasteiger partial charge < -0.3 is 4.52 Å². The number of aromatic amines is 1. The monoisotopic (exact) mass is 244 g/mol. The van der Waals surface area contributed by atoms with Crippen LogP contribution in [0.1, 0.15) is 18.4 Å². The number of nitrogens with one attached hydrogen (secondary N) is 1. The minimum atomic E-state index is -0.249. The third kappa shape index (κ3) is 2.11. The second kappa shape index (κ2) is 4.82. The van der Waals surface area contributed by atoms with Crippen molar-refractivity contribution >= 4 is 0 Å².